The normalized spacial score (nSPS) is 46.6. The summed E-state index contributed by atoms with van der Waals surface area (Å²) in [4.78, 5) is 2.38. The zero-order valence-electron chi connectivity index (χ0n) is 17.7. The fourth-order valence-corrected chi connectivity index (χ4v) is 6.67. The van der Waals surface area contributed by atoms with Gasteiger partial charge < -0.3 is 44.6 Å². The minimum atomic E-state index is -1.51. The van der Waals surface area contributed by atoms with Crippen molar-refractivity contribution in [1.82, 2.24) is 4.90 Å². The molecule has 0 unspecified atom stereocenters. The van der Waals surface area contributed by atoms with Gasteiger partial charge in [-0.1, -0.05) is 18.2 Å². The zero-order chi connectivity index (χ0) is 22.4. The van der Waals surface area contributed by atoms with Crippen LogP contribution in [0.3, 0.4) is 0 Å². The molecule has 0 amide bonds. The smallest absolute Gasteiger partial charge is 0.187 e. The van der Waals surface area contributed by atoms with Crippen molar-refractivity contribution in [2.75, 3.05) is 20.2 Å². The predicted molar refractivity (Wildman–Crippen MR) is 110 cm³/mol. The molecule has 5 N–H and O–H groups in total. The number of aliphatic hydroxyl groups excluding tert-OH is 4. The van der Waals surface area contributed by atoms with Gasteiger partial charge in [-0.3, -0.25) is 0 Å². The number of nitrogens with zero attached hydrogens (tertiary/aromatic N) is 1. The van der Waals surface area contributed by atoms with Crippen LogP contribution in [-0.2, 0) is 21.3 Å². The third-order valence-electron chi connectivity index (χ3n) is 8.27. The molecule has 2 bridgehead atoms. The highest BCUT2D eigenvalue weighted by Gasteiger charge is 2.65. The molecule has 3 aliphatic heterocycles. The Balaban J connectivity index is 1.38. The molecule has 9 heteroatoms. The number of benzene rings is 1. The summed E-state index contributed by atoms with van der Waals surface area (Å²) in [6, 6.07) is 3.97. The van der Waals surface area contributed by atoms with Crippen LogP contribution in [0.5, 0.6) is 11.5 Å². The van der Waals surface area contributed by atoms with E-state index < -0.39 is 49.5 Å². The van der Waals surface area contributed by atoms with E-state index in [4.69, 9.17) is 14.2 Å². The Kier molecular flexibility index (Phi) is 4.65. The first-order chi connectivity index (χ1) is 15.4. The van der Waals surface area contributed by atoms with Gasteiger partial charge in [0, 0.05) is 22.9 Å². The Bertz CT molecular complexity index is 952. The molecule has 0 aromatic heterocycles. The summed E-state index contributed by atoms with van der Waals surface area (Å²) in [5.74, 6) is 0.804. The van der Waals surface area contributed by atoms with E-state index in [2.05, 4.69) is 18.0 Å². The van der Waals surface area contributed by atoms with E-state index in [1.165, 1.54) is 5.56 Å². The predicted octanol–water partition coefficient (Wildman–Crippen LogP) is -0.978. The van der Waals surface area contributed by atoms with Crippen molar-refractivity contribution in [3.05, 3.63) is 35.4 Å². The molecule has 1 aromatic carbocycles. The van der Waals surface area contributed by atoms with Crippen molar-refractivity contribution < 1.29 is 39.7 Å². The molecule has 32 heavy (non-hydrogen) atoms. The molecule has 2 aliphatic carbocycles. The van der Waals surface area contributed by atoms with Crippen LogP contribution in [0.15, 0.2) is 24.3 Å². The van der Waals surface area contributed by atoms with E-state index in [1.807, 2.05) is 12.1 Å². The molecule has 5 aliphatic rings. The summed E-state index contributed by atoms with van der Waals surface area (Å²) in [5, 5.41) is 50.8. The maximum absolute atomic E-state index is 10.6. The van der Waals surface area contributed by atoms with Crippen LogP contribution in [0.2, 0.25) is 0 Å². The number of aliphatic hydroxyl groups is 4. The first kappa shape index (κ1) is 20.9. The van der Waals surface area contributed by atoms with Crippen molar-refractivity contribution >= 4 is 0 Å². The van der Waals surface area contributed by atoms with Crippen LogP contribution in [0.25, 0.3) is 0 Å². The number of aromatic hydroxyl groups is 1. The maximum atomic E-state index is 10.6. The number of phenols is 1. The van der Waals surface area contributed by atoms with Gasteiger partial charge in [0.05, 0.1) is 6.61 Å². The molecule has 174 valence electrons. The third kappa shape index (κ3) is 2.58. The Morgan fingerprint density at radius 2 is 1.97 bits per heavy atom. The molecule has 3 heterocycles. The fraction of sp³-hybridized carbons (Fsp3) is 0.652. The summed E-state index contributed by atoms with van der Waals surface area (Å²) < 4.78 is 18.1. The number of likely N-dealkylation sites (N-methyl/N-ethyl adjacent to an activating group) is 1. The molecule has 6 rings (SSSR count). The summed E-state index contributed by atoms with van der Waals surface area (Å²) in [5.41, 5.74) is 1.87. The Morgan fingerprint density at radius 1 is 1.16 bits per heavy atom. The van der Waals surface area contributed by atoms with E-state index >= 15 is 0 Å². The average Bonchev–Trinajstić information content (AvgIpc) is 3.14. The Morgan fingerprint density at radius 3 is 2.75 bits per heavy atom. The molecule has 2 saturated heterocycles. The Labute approximate surface area is 185 Å². The highest BCUT2D eigenvalue weighted by molar-refractivity contribution is 5.61. The molecule has 2 fully saturated rings. The van der Waals surface area contributed by atoms with Crippen LogP contribution >= 0.6 is 0 Å². The lowest BCUT2D eigenvalue weighted by Crippen LogP contribution is -2.66. The van der Waals surface area contributed by atoms with Gasteiger partial charge in [-0.05, 0) is 38.1 Å². The molecule has 0 saturated carbocycles. The second-order valence-electron chi connectivity index (χ2n) is 9.74. The number of piperidine rings is 1. The van der Waals surface area contributed by atoms with Crippen LogP contribution in [-0.4, -0.2) is 99.6 Å². The van der Waals surface area contributed by atoms with E-state index in [0.29, 0.717) is 11.8 Å². The molecule has 1 aromatic rings. The summed E-state index contributed by atoms with van der Waals surface area (Å²) in [7, 11) is 2.14. The molecular weight excluding hydrogens is 418 g/mol. The second-order valence-corrected chi connectivity index (χ2v) is 9.74. The first-order valence-electron chi connectivity index (χ1n) is 11.2. The van der Waals surface area contributed by atoms with E-state index in [-0.39, 0.29) is 17.1 Å². The number of likely N-dealkylation sites (tertiary alicyclic amines) is 1. The van der Waals surface area contributed by atoms with E-state index in [0.717, 1.165) is 24.9 Å². The average molecular weight is 447 g/mol. The molecule has 9 nitrogen and oxygen atoms in total. The van der Waals surface area contributed by atoms with Crippen molar-refractivity contribution in [2.45, 2.75) is 67.2 Å². The lowest BCUT2D eigenvalue weighted by Gasteiger charge is -2.57. The van der Waals surface area contributed by atoms with Gasteiger partial charge in [0.25, 0.3) is 0 Å². The van der Waals surface area contributed by atoms with Gasteiger partial charge in [0.2, 0.25) is 0 Å². The first-order valence-corrected chi connectivity index (χ1v) is 11.2. The number of ether oxygens (including phenoxy) is 3. The van der Waals surface area contributed by atoms with Crippen LogP contribution in [0.4, 0.5) is 0 Å². The lowest BCUT2D eigenvalue weighted by molar-refractivity contribution is -0.314. The summed E-state index contributed by atoms with van der Waals surface area (Å²) >= 11 is 0. The Hall–Kier alpha value is -1.72. The molecular formula is C23H29NO8. The van der Waals surface area contributed by atoms with Gasteiger partial charge >= 0.3 is 0 Å². The van der Waals surface area contributed by atoms with Gasteiger partial charge in [0.1, 0.15) is 36.6 Å². The quantitative estimate of drug-likeness (QED) is 0.371. The fourth-order valence-electron chi connectivity index (χ4n) is 6.67. The minimum Gasteiger partial charge on any atom is -0.504 e. The highest BCUT2D eigenvalue weighted by atomic mass is 16.7. The summed E-state index contributed by atoms with van der Waals surface area (Å²) in [6.45, 7) is 0.365. The van der Waals surface area contributed by atoms with Gasteiger partial charge in [-0.2, -0.15) is 0 Å². The van der Waals surface area contributed by atoms with E-state index in [9.17, 15) is 25.5 Å². The van der Waals surface area contributed by atoms with Crippen molar-refractivity contribution in [3.8, 4) is 11.5 Å². The maximum Gasteiger partial charge on any atom is 0.187 e. The molecule has 1 spiro atoms. The lowest BCUT2D eigenvalue weighted by atomic mass is 9.53. The topological polar surface area (TPSA) is 132 Å². The summed E-state index contributed by atoms with van der Waals surface area (Å²) in [6.07, 6.45) is -2.02. The van der Waals surface area contributed by atoms with Crippen LogP contribution in [0.1, 0.15) is 17.5 Å². The SMILES string of the molecule is CN1CC[C@]23c4c5ccc(O)c4O[C@H]2[C@@H](O[C@@H]2O[C@H](CO)[C@H](O)[C@H](O)[C@H]2O)C=C[C@H]3[C@H]1C5. The largest absolute Gasteiger partial charge is 0.504 e. The standard InChI is InChI=1S/C23H29NO8/c1-24-7-6-23-11-3-5-14(30-22-19(29)18(28)17(27)15(9-25)31-22)21(23)32-20-13(26)4-2-10(16(20)23)8-12(11)24/h2-5,11-12,14-15,17-19,21-22,25-29H,6-9H2,1H3/t11-,12+,14-,15+,17-,18-,19+,21-,22+,23-/m0/s1. The number of hydrogen-bond donors (Lipinski definition) is 5. The number of hydrogen-bond acceptors (Lipinski definition) is 9. The highest BCUT2D eigenvalue weighted by Crippen LogP contribution is 2.62. The monoisotopic (exact) mass is 447 g/mol. The minimum absolute atomic E-state index is 0.107. The number of phenolic OH excluding ortho intramolecular Hbond substituents is 1. The van der Waals surface area contributed by atoms with Crippen molar-refractivity contribution in [1.29, 1.82) is 0 Å². The molecule has 0 radical (unpaired) electrons. The van der Waals surface area contributed by atoms with Gasteiger partial charge in [0.15, 0.2) is 17.8 Å². The number of rotatable bonds is 3. The molecule has 10 atom stereocenters. The van der Waals surface area contributed by atoms with Crippen molar-refractivity contribution in [3.63, 3.8) is 0 Å². The zero-order valence-corrected chi connectivity index (χ0v) is 17.7. The van der Waals surface area contributed by atoms with Crippen molar-refractivity contribution in [2.24, 2.45) is 5.92 Å². The third-order valence-corrected chi connectivity index (χ3v) is 8.27. The van der Waals surface area contributed by atoms with Gasteiger partial charge in [-0.25, -0.2) is 0 Å². The van der Waals surface area contributed by atoms with Crippen LogP contribution in [0, 0.1) is 5.92 Å². The van der Waals surface area contributed by atoms with Crippen LogP contribution < -0.4 is 4.74 Å². The van der Waals surface area contributed by atoms with E-state index in [1.54, 1.807) is 6.07 Å². The van der Waals surface area contributed by atoms with Gasteiger partial charge in [-0.15, -0.1) is 0 Å². The second kappa shape index (κ2) is 7.14.